The number of nitrogens with zero attached hydrogens (tertiary/aromatic N) is 1. The highest BCUT2D eigenvalue weighted by molar-refractivity contribution is 4.89. The summed E-state index contributed by atoms with van der Waals surface area (Å²) in [5.41, 5.74) is 0. The van der Waals surface area contributed by atoms with Crippen LogP contribution in [-0.2, 0) is 4.74 Å². The Morgan fingerprint density at radius 2 is 2.25 bits per heavy atom. The summed E-state index contributed by atoms with van der Waals surface area (Å²) in [6, 6.07) is 0. The molecule has 0 saturated carbocycles. The van der Waals surface area contributed by atoms with Gasteiger partial charge in [-0.15, -0.1) is 0 Å². The van der Waals surface area contributed by atoms with Crippen molar-refractivity contribution in [2.75, 3.05) is 13.1 Å². The standard InChI is InChI=1S/C10H19NO/c1-8(2)12-10(4)11-6-5-9(3)7-11/h8-9H,4-7H2,1-3H3. The molecule has 2 heteroatoms. The topological polar surface area (TPSA) is 12.5 Å². The summed E-state index contributed by atoms with van der Waals surface area (Å²) < 4.78 is 5.51. The van der Waals surface area contributed by atoms with E-state index in [4.69, 9.17) is 4.74 Å². The molecule has 0 spiro atoms. The van der Waals surface area contributed by atoms with Crippen LogP contribution in [0.2, 0.25) is 0 Å². The molecule has 0 aliphatic carbocycles. The summed E-state index contributed by atoms with van der Waals surface area (Å²) in [7, 11) is 0. The summed E-state index contributed by atoms with van der Waals surface area (Å²) in [5, 5.41) is 0. The predicted molar refractivity (Wildman–Crippen MR) is 50.7 cm³/mol. The molecule has 1 aliphatic rings. The minimum atomic E-state index is 0.244. The van der Waals surface area contributed by atoms with Crippen molar-refractivity contribution >= 4 is 0 Å². The van der Waals surface area contributed by atoms with Crippen molar-refractivity contribution in [1.82, 2.24) is 4.90 Å². The van der Waals surface area contributed by atoms with Crippen LogP contribution in [0.15, 0.2) is 12.5 Å². The maximum absolute atomic E-state index is 5.51. The molecule has 1 atom stereocenters. The van der Waals surface area contributed by atoms with Crippen molar-refractivity contribution < 1.29 is 4.74 Å². The van der Waals surface area contributed by atoms with Crippen molar-refractivity contribution in [3.05, 3.63) is 12.5 Å². The fourth-order valence-corrected chi connectivity index (χ4v) is 1.51. The predicted octanol–water partition coefficient (Wildman–Crippen LogP) is 2.22. The summed E-state index contributed by atoms with van der Waals surface area (Å²) in [6.45, 7) is 12.5. The summed E-state index contributed by atoms with van der Waals surface area (Å²) in [5.74, 6) is 1.63. The van der Waals surface area contributed by atoms with Crippen LogP contribution in [0, 0.1) is 5.92 Å². The minimum absolute atomic E-state index is 0.244. The van der Waals surface area contributed by atoms with Crippen LogP contribution in [0.25, 0.3) is 0 Å². The monoisotopic (exact) mass is 169 g/mol. The van der Waals surface area contributed by atoms with Crippen LogP contribution in [0.1, 0.15) is 27.2 Å². The van der Waals surface area contributed by atoms with Crippen molar-refractivity contribution in [2.45, 2.75) is 33.3 Å². The van der Waals surface area contributed by atoms with Gasteiger partial charge < -0.3 is 9.64 Å². The maximum Gasteiger partial charge on any atom is 0.182 e. The number of rotatable bonds is 3. The van der Waals surface area contributed by atoms with Gasteiger partial charge in [0.15, 0.2) is 5.88 Å². The van der Waals surface area contributed by atoms with E-state index in [-0.39, 0.29) is 6.10 Å². The molecule has 1 unspecified atom stereocenters. The van der Waals surface area contributed by atoms with Crippen LogP contribution >= 0.6 is 0 Å². The third kappa shape index (κ3) is 2.43. The molecule has 12 heavy (non-hydrogen) atoms. The lowest BCUT2D eigenvalue weighted by atomic mass is 10.2. The fraction of sp³-hybridized carbons (Fsp3) is 0.800. The van der Waals surface area contributed by atoms with E-state index in [1.807, 2.05) is 13.8 Å². The molecule has 1 fully saturated rings. The Morgan fingerprint density at radius 1 is 1.58 bits per heavy atom. The zero-order valence-corrected chi connectivity index (χ0v) is 8.34. The molecule has 1 saturated heterocycles. The molecule has 1 rings (SSSR count). The largest absolute Gasteiger partial charge is 0.477 e. The van der Waals surface area contributed by atoms with Gasteiger partial charge >= 0.3 is 0 Å². The second kappa shape index (κ2) is 3.83. The van der Waals surface area contributed by atoms with Gasteiger partial charge in [0.25, 0.3) is 0 Å². The number of hydrogen-bond acceptors (Lipinski definition) is 2. The third-order valence-electron chi connectivity index (χ3n) is 2.15. The van der Waals surface area contributed by atoms with Crippen LogP contribution in [0.4, 0.5) is 0 Å². The van der Waals surface area contributed by atoms with Gasteiger partial charge in [-0.05, 0) is 32.8 Å². The molecule has 2 nitrogen and oxygen atoms in total. The SMILES string of the molecule is C=C(OC(C)C)N1CCC(C)C1. The summed E-state index contributed by atoms with van der Waals surface area (Å²) >= 11 is 0. The first-order chi connectivity index (χ1) is 5.59. The van der Waals surface area contributed by atoms with Gasteiger partial charge in [0.05, 0.1) is 6.10 Å². The Kier molecular flexibility index (Phi) is 3.01. The molecule has 1 heterocycles. The van der Waals surface area contributed by atoms with E-state index in [1.165, 1.54) is 6.42 Å². The lowest BCUT2D eigenvalue weighted by Crippen LogP contribution is -2.22. The van der Waals surface area contributed by atoms with Gasteiger partial charge in [-0.1, -0.05) is 6.92 Å². The average Bonchev–Trinajstić information content (AvgIpc) is 2.34. The Labute approximate surface area is 75.2 Å². The fourth-order valence-electron chi connectivity index (χ4n) is 1.51. The van der Waals surface area contributed by atoms with Gasteiger partial charge in [-0.25, -0.2) is 0 Å². The van der Waals surface area contributed by atoms with Crippen LogP contribution in [0.3, 0.4) is 0 Å². The van der Waals surface area contributed by atoms with E-state index in [2.05, 4.69) is 18.4 Å². The molecule has 70 valence electrons. The smallest absolute Gasteiger partial charge is 0.182 e. The van der Waals surface area contributed by atoms with Crippen molar-refractivity contribution in [3.63, 3.8) is 0 Å². The lowest BCUT2D eigenvalue weighted by molar-refractivity contribution is 0.0810. The van der Waals surface area contributed by atoms with Crippen molar-refractivity contribution in [2.24, 2.45) is 5.92 Å². The molecule has 0 radical (unpaired) electrons. The highest BCUT2D eigenvalue weighted by atomic mass is 16.5. The van der Waals surface area contributed by atoms with Gasteiger partial charge in [0.1, 0.15) is 0 Å². The van der Waals surface area contributed by atoms with E-state index >= 15 is 0 Å². The number of hydrogen-bond donors (Lipinski definition) is 0. The normalized spacial score (nSPS) is 23.3. The molecule has 0 amide bonds. The Balaban J connectivity index is 2.33. The molecule has 0 aromatic heterocycles. The molecular weight excluding hydrogens is 150 g/mol. The minimum Gasteiger partial charge on any atom is -0.477 e. The Bertz CT molecular complexity index is 165. The number of likely N-dealkylation sites (tertiary alicyclic amines) is 1. The highest BCUT2D eigenvalue weighted by Crippen LogP contribution is 2.19. The highest BCUT2D eigenvalue weighted by Gasteiger charge is 2.20. The first-order valence-electron chi connectivity index (χ1n) is 4.70. The number of ether oxygens (including phenoxy) is 1. The van der Waals surface area contributed by atoms with Gasteiger partial charge in [0.2, 0.25) is 0 Å². The lowest BCUT2D eigenvalue weighted by Gasteiger charge is -2.22. The van der Waals surface area contributed by atoms with E-state index in [9.17, 15) is 0 Å². The van der Waals surface area contributed by atoms with Crippen LogP contribution in [-0.4, -0.2) is 24.1 Å². The summed E-state index contributed by atoms with van der Waals surface area (Å²) in [4.78, 5) is 2.23. The summed E-state index contributed by atoms with van der Waals surface area (Å²) in [6.07, 6.45) is 1.51. The van der Waals surface area contributed by atoms with E-state index < -0.39 is 0 Å². The second-order valence-electron chi connectivity index (χ2n) is 3.90. The molecule has 0 aromatic carbocycles. The molecule has 0 N–H and O–H groups in total. The molecule has 0 bridgehead atoms. The first-order valence-corrected chi connectivity index (χ1v) is 4.70. The Hall–Kier alpha value is -0.660. The molecule has 1 aliphatic heterocycles. The Morgan fingerprint density at radius 3 is 2.67 bits per heavy atom. The second-order valence-corrected chi connectivity index (χ2v) is 3.90. The zero-order valence-electron chi connectivity index (χ0n) is 8.34. The van der Waals surface area contributed by atoms with Gasteiger partial charge in [0, 0.05) is 13.1 Å². The van der Waals surface area contributed by atoms with Gasteiger partial charge in [-0.3, -0.25) is 0 Å². The van der Waals surface area contributed by atoms with E-state index in [0.717, 1.165) is 24.9 Å². The van der Waals surface area contributed by atoms with E-state index in [1.54, 1.807) is 0 Å². The van der Waals surface area contributed by atoms with Crippen molar-refractivity contribution in [1.29, 1.82) is 0 Å². The first kappa shape index (κ1) is 9.43. The maximum atomic E-state index is 5.51. The van der Waals surface area contributed by atoms with Crippen LogP contribution < -0.4 is 0 Å². The molecule has 0 aromatic rings. The van der Waals surface area contributed by atoms with Crippen LogP contribution in [0.5, 0.6) is 0 Å². The quantitative estimate of drug-likeness (QED) is 0.601. The van der Waals surface area contributed by atoms with Gasteiger partial charge in [-0.2, -0.15) is 0 Å². The van der Waals surface area contributed by atoms with Crippen molar-refractivity contribution in [3.8, 4) is 0 Å². The molecular formula is C10H19NO. The average molecular weight is 169 g/mol. The van der Waals surface area contributed by atoms with E-state index in [0.29, 0.717) is 0 Å². The third-order valence-corrected chi connectivity index (χ3v) is 2.15. The zero-order chi connectivity index (χ0) is 9.14.